The largest absolute Gasteiger partial charge is 0.352 e. The van der Waals surface area contributed by atoms with E-state index in [0.29, 0.717) is 6.54 Å². The van der Waals surface area contributed by atoms with Crippen molar-refractivity contribution in [3.05, 3.63) is 46.7 Å². The molecule has 0 radical (unpaired) electrons. The van der Waals surface area contributed by atoms with E-state index in [1.54, 1.807) is 29.9 Å². The van der Waals surface area contributed by atoms with Gasteiger partial charge >= 0.3 is 0 Å². The molecule has 0 fully saturated rings. The molecule has 2 aromatic rings. The number of carbonyl (C=O) groups excluding carboxylic acids is 1. The summed E-state index contributed by atoms with van der Waals surface area (Å²) in [6.07, 6.45) is 7.52. The van der Waals surface area contributed by atoms with Crippen molar-refractivity contribution in [3.63, 3.8) is 0 Å². The number of aromatic nitrogens is 2. The highest BCUT2D eigenvalue weighted by Gasteiger charge is 1.97. The van der Waals surface area contributed by atoms with Crippen molar-refractivity contribution in [1.82, 2.24) is 15.3 Å². The minimum Gasteiger partial charge on any atom is -0.352 e. The zero-order valence-electron chi connectivity index (χ0n) is 9.22. The number of nitrogens with zero attached hydrogens (tertiary/aromatic N) is 1. The lowest BCUT2D eigenvalue weighted by Crippen LogP contribution is -2.23. The van der Waals surface area contributed by atoms with Crippen molar-refractivity contribution in [2.24, 2.45) is 0 Å². The number of imidazole rings is 1. The van der Waals surface area contributed by atoms with Crippen LogP contribution in [0.4, 0.5) is 0 Å². The average Bonchev–Trinajstić information content (AvgIpc) is 2.99. The fourth-order valence-electron chi connectivity index (χ4n) is 1.34. The van der Waals surface area contributed by atoms with Gasteiger partial charge in [0.15, 0.2) is 0 Å². The molecule has 0 unspecified atom stereocenters. The molecule has 0 aliphatic heterocycles. The van der Waals surface area contributed by atoms with Gasteiger partial charge in [0.05, 0.1) is 6.33 Å². The molecule has 2 rings (SSSR count). The van der Waals surface area contributed by atoms with E-state index in [1.807, 2.05) is 23.6 Å². The smallest absolute Gasteiger partial charge is 0.244 e. The first-order valence-corrected chi connectivity index (χ1v) is 6.19. The fraction of sp³-hybridized carbons (Fsp3) is 0.167. The molecule has 0 aliphatic rings. The summed E-state index contributed by atoms with van der Waals surface area (Å²) < 4.78 is 0. The molecule has 5 heteroatoms. The predicted molar refractivity (Wildman–Crippen MR) is 68.7 cm³/mol. The summed E-state index contributed by atoms with van der Waals surface area (Å²) >= 11 is 1.61. The molecule has 0 saturated heterocycles. The van der Waals surface area contributed by atoms with Crippen molar-refractivity contribution >= 4 is 23.3 Å². The molecule has 2 aromatic heterocycles. The van der Waals surface area contributed by atoms with Gasteiger partial charge in [0, 0.05) is 35.8 Å². The summed E-state index contributed by atoms with van der Waals surface area (Å²) in [5.41, 5.74) is 1.02. The monoisotopic (exact) mass is 247 g/mol. The maximum Gasteiger partial charge on any atom is 0.244 e. The lowest BCUT2D eigenvalue weighted by molar-refractivity contribution is -0.116. The number of carbonyl (C=O) groups is 1. The van der Waals surface area contributed by atoms with Crippen molar-refractivity contribution in [3.8, 4) is 0 Å². The highest BCUT2D eigenvalue weighted by Crippen LogP contribution is 2.09. The third kappa shape index (κ3) is 3.88. The Bertz CT molecular complexity index is 474. The van der Waals surface area contributed by atoms with Crippen LogP contribution in [0.2, 0.25) is 0 Å². The Labute approximate surface area is 103 Å². The molecule has 0 saturated carbocycles. The van der Waals surface area contributed by atoms with Crippen LogP contribution in [-0.4, -0.2) is 22.4 Å². The molecule has 0 bridgehead atoms. The van der Waals surface area contributed by atoms with Crippen LogP contribution in [0, 0.1) is 0 Å². The molecule has 17 heavy (non-hydrogen) atoms. The van der Waals surface area contributed by atoms with E-state index >= 15 is 0 Å². The van der Waals surface area contributed by atoms with Crippen LogP contribution >= 0.6 is 11.3 Å². The normalized spacial score (nSPS) is 10.8. The number of nitrogens with one attached hydrogen (secondary N) is 2. The molecule has 1 amide bonds. The van der Waals surface area contributed by atoms with Gasteiger partial charge in [0.1, 0.15) is 0 Å². The molecule has 4 nitrogen and oxygen atoms in total. The van der Waals surface area contributed by atoms with Crippen molar-refractivity contribution in [2.45, 2.75) is 6.42 Å². The van der Waals surface area contributed by atoms with Crippen LogP contribution in [0.25, 0.3) is 6.08 Å². The van der Waals surface area contributed by atoms with Crippen LogP contribution in [0.1, 0.15) is 10.6 Å². The Morgan fingerprint density at radius 2 is 2.53 bits per heavy atom. The van der Waals surface area contributed by atoms with E-state index < -0.39 is 0 Å². The summed E-state index contributed by atoms with van der Waals surface area (Å²) in [6, 6.07) is 3.93. The second kappa shape index (κ2) is 6.00. The van der Waals surface area contributed by atoms with Crippen LogP contribution < -0.4 is 5.32 Å². The number of rotatable bonds is 5. The lowest BCUT2D eigenvalue weighted by atomic mass is 10.3. The van der Waals surface area contributed by atoms with Gasteiger partial charge in [-0.2, -0.15) is 0 Å². The molecule has 0 atom stereocenters. The highest BCUT2D eigenvalue weighted by atomic mass is 32.1. The zero-order valence-corrected chi connectivity index (χ0v) is 10.0. The highest BCUT2D eigenvalue weighted by molar-refractivity contribution is 7.10. The molecule has 2 heterocycles. The SMILES string of the molecule is O=C(C=Cc1cccs1)NCCc1cnc[nH]1. The number of thiophene rings is 1. The van der Waals surface area contributed by atoms with E-state index in [9.17, 15) is 4.79 Å². The molecule has 0 aliphatic carbocycles. The Morgan fingerprint density at radius 1 is 1.59 bits per heavy atom. The predicted octanol–water partition coefficient (Wildman–Crippen LogP) is 1.84. The first-order chi connectivity index (χ1) is 8.34. The third-order valence-electron chi connectivity index (χ3n) is 2.19. The van der Waals surface area contributed by atoms with Crippen molar-refractivity contribution in [2.75, 3.05) is 6.54 Å². The Balaban J connectivity index is 1.71. The first kappa shape index (κ1) is 11.6. The van der Waals surface area contributed by atoms with Crippen LogP contribution in [0.15, 0.2) is 36.1 Å². The third-order valence-corrected chi connectivity index (χ3v) is 3.03. The number of amides is 1. The van der Waals surface area contributed by atoms with Gasteiger partial charge < -0.3 is 10.3 Å². The first-order valence-electron chi connectivity index (χ1n) is 5.31. The van der Waals surface area contributed by atoms with E-state index in [2.05, 4.69) is 15.3 Å². The molecular weight excluding hydrogens is 234 g/mol. The fourth-order valence-corrected chi connectivity index (χ4v) is 1.96. The Hall–Kier alpha value is -1.88. The minimum atomic E-state index is -0.0714. The molecular formula is C12H13N3OS. The Morgan fingerprint density at radius 3 is 3.24 bits per heavy atom. The molecule has 88 valence electrons. The second-order valence-corrected chi connectivity index (χ2v) is 4.45. The minimum absolute atomic E-state index is 0.0714. The van der Waals surface area contributed by atoms with E-state index in [-0.39, 0.29) is 5.91 Å². The van der Waals surface area contributed by atoms with E-state index in [4.69, 9.17) is 0 Å². The quantitative estimate of drug-likeness (QED) is 0.792. The van der Waals surface area contributed by atoms with Gasteiger partial charge in [0.2, 0.25) is 5.91 Å². The van der Waals surface area contributed by atoms with Crippen molar-refractivity contribution < 1.29 is 4.79 Å². The Kier molecular flexibility index (Phi) is 4.10. The van der Waals surface area contributed by atoms with Crippen molar-refractivity contribution in [1.29, 1.82) is 0 Å². The second-order valence-electron chi connectivity index (χ2n) is 3.47. The van der Waals surface area contributed by atoms with Gasteiger partial charge in [-0.25, -0.2) is 4.98 Å². The average molecular weight is 247 g/mol. The topological polar surface area (TPSA) is 57.8 Å². The van der Waals surface area contributed by atoms with E-state index in [0.717, 1.165) is 17.0 Å². The lowest BCUT2D eigenvalue weighted by Gasteiger charge is -1.99. The number of hydrogen-bond acceptors (Lipinski definition) is 3. The van der Waals surface area contributed by atoms with E-state index in [1.165, 1.54) is 0 Å². The summed E-state index contributed by atoms with van der Waals surface area (Å²) in [4.78, 5) is 19.4. The van der Waals surface area contributed by atoms with Gasteiger partial charge in [-0.3, -0.25) is 4.79 Å². The van der Waals surface area contributed by atoms with Crippen LogP contribution in [0.3, 0.4) is 0 Å². The van der Waals surface area contributed by atoms with Gasteiger partial charge in [-0.05, 0) is 17.5 Å². The van der Waals surface area contributed by atoms with Crippen LogP contribution in [0.5, 0.6) is 0 Å². The summed E-state index contributed by atoms with van der Waals surface area (Å²) in [5.74, 6) is -0.0714. The van der Waals surface area contributed by atoms with Gasteiger partial charge in [-0.15, -0.1) is 11.3 Å². The maximum absolute atomic E-state index is 11.4. The summed E-state index contributed by atoms with van der Waals surface area (Å²) in [7, 11) is 0. The van der Waals surface area contributed by atoms with Gasteiger partial charge in [-0.1, -0.05) is 6.07 Å². The number of aromatic amines is 1. The molecule has 0 spiro atoms. The number of H-pyrrole nitrogens is 1. The molecule has 2 N–H and O–H groups in total. The molecule has 0 aromatic carbocycles. The van der Waals surface area contributed by atoms with Gasteiger partial charge in [0.25, 0.3) is 0 Å². The summed E-state index contributed by atoms with van der Waals surface area (Å²) in [5, 5.41) is 4.80. The standard InChI is InChI=1S/C12H13N3OS/c16-12(4-3-11-2-1-7-17-11)14-6-5-10-8-13-9-15-10/h1-4,7-9H,5-6H2,(H,13,15)(H,14,16). The van der Waals surface area contributed by atoms with Crippen LogP contribution in [-0.2, 0) is 11.2 Å². The maximum atomic E-state index is 11.4. The zero-order chi connectivity index (χ0) is 11.9. The number of hydrogen-bond donors (Lipinski definition) is 2. The summed E-state index contributed by atoms with van der Waals surface area (Å²) in [6.45, 7) is 0.607.